The van der Waals surface area contributed by atoms with E-state index in [2.05, 4.69) is 42.6 Å². The Morgan fingerprint density at radius 2 is 1.67 bits per heavy atom. The summed E-state index contributed by atoms with van der Waals surface area (Å²) in [6.45, 7) is 2.62. The third kappa shape index (κ3) is 6.30. The monoisotopic (exact) mass is 244 g/mol. The molecule has 0 saturated carbocycles. The van der Waals surface area contributed by atoms with Gasteiger partial charge in [0, 0.05) is 5.69 Å². The van der Waals surface area contributed by atoms with E-state index in [0.717, 1.165) is 5.69 Å². The van der Waals surface area contributed by atoms with Crippen LogP contribution in [-0.4, -0.2) is 6.54 Å². The summed E-state index contributed by atoms with van der Waals surface area (Å²) in [5.41, 5.74) is 2.43. The van der Waals surface area contributed by atoms with Gasteiger partial charge in [-0.05, 0) is 30.5 Å². The molecule has 0 radical (unpaired) electrons. The summed E-state index contributed by atoms with van der Waals surface area (Å²) in [6.07, 6.45) is 9.24. The normalized spacial score (nSPS) is 10.0. The molecule has 0 atom stereocenters. The lowest BCUT2D eigenvalue weighted by Crippen LogP contribution is -1.98. The second-order valence-electron chi connectivity index (χ2n) is 4.73. The molecule has 2 nitrogen and oxygen atoms in total. The number of rotatable bonds is 9. The van der Waals surface area contributed by atoms with Crippen LogP contribution in [0, 0.1) is 11.3 Å². The van der Waals surface area contributed by atoms with Gasteiger partial charge < -0.3 is 5.32 Å². The van der Waals surface area contributed by atoms with Gasteiger partial charge in [0.25, 0.3) is 0 Å². The second-order valence-corrected chi connectivity index (χ2v) is 4.73. The van der Waals surface area contributed by atoms with E-state index in [1.807, 2.05) is 0 Å². The van der Waals surface area contributed by atoms with E-state index in [1.54, 1.807) is 0 Å². The summed E-state index contributed by atoms with van der Waals surface area (Å²) in [5, 5.41) is 11.5. The first kappa shape index (κ1) is 14.6. The molecule has 0 aliphatic rings. The molecule has 0 bridgehead atoms. The number of hydrogen-bond acceptors (Lipinski definition) is 2. The zero-order valence-electron chi connectivity index (χ0n) is 11.4. The Bertz CT molecular complexity index is 348. The third-order valence-corrected chi connectivity index (χ3v) is 3.14. The average molecular weight is 244 g/mol. The summed E-state index contributed by atoms with van der Waals surface area (Å²) >= 11 is 0. The van der Waals surface area contributed by atoms with Crippen molar-refractivity contribution in [1.82, 2.24) is 0 Å². The lowest BCUT2D eigenvalue weighted by Gasteiger charge is -2.05. The van der Waals surface area contributed by atoms with Crippen LogP contribution in [0.15, 0.2) is 24.3 Å². The molecule has 0 fully saturated rings. The molecule has 1 aromatic carbocycles. The maximum absolute atomic E-state index is 8.47. The number of nitrogens with zero attached hydrogens (tertiary/aromatic N) is 1. The van der Waals surface area contributed by atoms with E-state index in [9.17, 15) is 0 Å². The Morgan fingerprint density at radius 3 is 2.33 bits per heavy atom. The van der Waals surface area contributed by atoms with Crippen molar-refractivity contribution in [3.05, 3.63) is 29.8 Å². The molecule has 0 heterocycles. The zero-order valence-corrected chi connectivity index (χ0v) is 11.4. The highest BCUT2D eigenvalue weighted by atomic mass is 14.9. The number of anilines is 1. The minimum Gasteiger partial charge on any atom is -0.372 e. The van der Waals surface area contributed by atoms with Crippen molar-refractivity contribution in [2.75, 3.05) is 11.9 Å². The number of nitrogens with one attached hydrogen (secondary N) is 1. The summed E-state index contributed by atoms with van der Waals surface area (Å²) in [4.78, 5) is 0. The summed E-state index contributed by atoms with van der Waals surface area (Å²) in [7, 11) is 0. The van der Waals surface area contributed by atoms with Gasteiger partial charge >= 0.3 is 0 Å². The van der Waals surface area contributed by atoms with Crippen molar-refractivity contribution in [2.24, 2.45) is 0 Å². The first-order valence-corrected chi connectivity index (χ1v) is 7.06. The van der Waals surface area contributed by atoms with Gasteiger partial charge in [-0.3, -0.25) is 0 Å². The van der Waals surface area contributed by atoms with Gasteiger partial charge in [-0.2, -0.15) is 5.26 Å². The largest absolute Gasteiger partial charge is 0.372 e. The smallest absolute Gasteiger partial charge is 0.103 e. The number of aryl methyl sites for hydroxylation is 1. The average Bonchev–Trinajstić information content (AvgIpc) is 2.42. The van der Waals surface area contributed by atoms with Gasteiger partial charge in [0.15, 0.2) is 0 Å². The highest BCUT2D eigenvalue weighted by Gasteiger charge is 1.95. The van der Waals surface area contributed by atoms with Crippen LogP contribution in [0.1, 0.15) is 51.0 Å². The highest BCUT2D eigenvalue weighted by molar-refractivity contribution is 5.45. The van der Waals surface area contributed by atoms with Crippen LogP contribution < -0.4 is 5.32 Å². The predicted molar refractivity (Wildman–Crippen MR) is 77.6 cm³/mol. The fraction of sp³-hybridized carbons (Fsp3) is 0.562. The zero-order chi connectivity index (χ0) is 13.1. The molecule has 1 N–H and O–H groups in total. The van der Waals surface area contributed by atoms with Crippen molar-refractivity contribution in [1.29, 1.82) is 5.26 Å². The maximum Gasteiger partial charge on any atom is 0.103 e. The predicted octanol–water partition coefficient (Wildman–Crippen LogP) is 4.53. The Kier molecular flexibility index (Phi) is 7.72. The molecule has 0 spiro atoms. The third-order valence-electron chi connectivity index (χ3n) is 3.14. The lowest BCUT2D eigenvalue weighted by molar-refractivity contribution is 0.607. The van der Waals surface area contributed by atoms with Gasteiger partial charge in [-0.15, -0.1) is 0 Å². The number of benzene rings is 1. The van der Waals surface area contributed by atoms with Crippen molar-refractivity contribution in [2.45, 2.75) is 51.9 Å². The molecule has 0 unspecified atom stereocenters. The molecule has 0 aromatic heterocycles. The van der Waals surface area contributed by atoms with Crippen LogP contribution in [0.3, 0.4) is 0 Å². The minimum atomic E-state index is 0.372. The van der Waals surface area contributed by atoms with Gasteiger partial charge in [0.05, 0.1) is 6.07 Å². The molecule has 0 aliphatic carbocycles. The van der Waals surface area contributed by atoms with Crippen molar-refractivity contribution >= 4 is 5.69 Å². The second kappa shape index (κ2) is 9.53. The van der Waals surface area contributed by atoms with E-state index >= 15 is 0 Å². The standard InChI is InChI=1S/C16H24N2/c1-2-3-4-5-6-7-8-15-9-11-16(12-10-15)18-14-13-17/h9-12,18H,2-8,14H2,1H3. The topological polar surface area (TPSA) is 35.8 Å². The Labute approximate surface area is 111 Å². The molecule has 1 rings (SSSR count). The van der Waals surface area contributed by atoms with Crippen LogP contribution in [0.2, 0.25) is 0 Å². The number of unbranched alkanes of at least 4 members (excludes halogenated alkanes) is 5. The van der Waals surface area contributed by atoms with Crippen LogP contribution in [0.25, 0.3) is 0 Å². The fourth-order valence-corrected chi connectivity index (χ4v) is 2.04. The first-order valence-electron chi connectivity index (χ1n) is 7.06. The summed E-state index contributed by atoms with van der Waals surface area (Å²) in [6, 6.07) is 10.5. The summed E-state index contributed by atoms with van der Waals surface area (Å²) < 4.78 is 0. The fourth-order valence-electron chi connectivity index (χ4n) is 2.04. The van der Waals surface area contributed by atoms with Crippen molar-refractivity contribution in [3.8, 4) is 6.07 Å². The van der Waals surface area contributed by atoms with Crippen LogP contribution in [0.4, 0.5) is 5.69 Å². The van der Waals surface area contributed by atoms with Crippen LogP contribution in [-0.2, 0) is 6.42 Å². The Hall–Kier alpha value is -1.49. The van der Waals surface area contributed by atoms with Crippen LogP contribution in [0.5, 0.6) is 0 Å². The van der Waals surface area contributed by atoms with Crippen LogP contribution >= 0.6 is 0 Å². The molecule has 18 heavy (non-hydrogen) atoms. The Morgan fingerprint density at radius 1 is 1.00 bits per heavy atom. The molecular formula is C16H24N2. The number of nitriles is 1. The SMILES string of the molecule is CCCCCCCCc1ccc(NCC#N)cc1. The van der Waals surface area contributed by atoms with E-state index < -0.39 is 0 Å². The van der Waals surface area contributed by atoms with Crippen molar-refractivity contribution in [3.63, 3.8) is 0 Å². The summed E-state index contributed by atoms with van der Waals surface area (Å²) in [5.74, 6) is 0. The van der Waals surface area contributed by atoms with E-state index in [1.165, 1.54) is 50.5 Å². The molecule has 1 aromatic rings. The van der Waals surface area contributed by atoms with E-state index in [0.29, 0.717) is 6.54 Å². The molecule has 0 saturated heterocycles. The van der Waals surface area contributed by atoms with Crippen molar-refractivity contribution < 1.29 is 0 Å². The lowest BCUT2D eigenvalue weighted by atomic mass is 10.0. The van der Waals surface area contributed by atoms with E-state index in [-0.39, 0.29) is 0 Å². The van der Waals surface area contributed by atoms with Gasteiger partial charge in [0.2, 0.25) is 0 Å². The maximum atomic E-state index is 8.47. The Balaban J connectivity index is 2.17. The van der Waals surface area contributed by atoms with Gasteiger partial charge in [-0.1, -0.05) is 51.2 Å². The van der Waals surface area contributed by atoms with E-state index in [4.69, 9.17) is 5.26 Å². The molecule has 0 amide bonds. The minimum absolute atomic E-state index is 0.372. The quantitative estimate of drug-likeness (QED) is 0.512. The number of hydrogen-bond donors (Lipinski definition) is 1. The van der Waals surface area contributed by atoms with Gasteiger partial charge in [0.1, 0.15) is 6.54 Å². The first-order chi connectivity index (χ1) is 8.86. The molecule has 0 aliphatic heterocycles. The molecule has 2 heteroatoms. The van der Waals surface area contributed by atoms with Gasteiger partial charge in [-0.25, -0.2) is 0 Å². The molecule has 98 valence electrons. The molecular weight excluding hydrogens is 220 g/mol. The highest BCUT2D eigenvalue weighted by Crippen LogP contribution is 2.13.